The fourth-order valence-electron chi connectivity index (χ4n) is 2.50. The number of hydrogen-bond acceptors (Lipinski definition) is 8. The second-order valence-corrected chi connectivity index (χ2v) is 10.5. The molecule has 13 heteroatoms. The van der Waals surface area contributed by atoms with Crippen LogP contribution in [0.15, 0.2) is 58.3 Å². The highest BCUT2D eigenvalue weighted by molar-refractivity contribution is 7.93. The predicted molar refractivity (Wildman–Crippen MR) is 116 cm³/mol. The first-order valence-electron chi connectivity index (χ1n) is 8.58. The molecule has 1 heterocycles. The van der Waals surface area contributed by atoms with E-state index in [-0.39, 0.29) is 19.8 Å². The maximum atomic E-state index is 12.6. The van der Waals surface area contributed by atoms with Gasteiger partial charge in [-0.2, -0.15) is 0 Å². The molecule has 0 bridgehead atoms. The SMILES string of the molecule is COc1ccc(S(=O)(=O)Nc2nc(C)c(C(=O)Nc3ccc(S(N)(=O)=O)cc3)s2)cc1. The van der Waals surface area contributed by atoms with E-state index in [9.17, 15) is 21.6 Å². The van der Waals surface area contributed by atoms with Gasteiger partial charge in [0.1, 0.15) is 10.6 Å². The number of rotatable bonds is 7. The zero-order chi connectivity index (χ0) is 22.8. The molecule has 0 spiro atoms. The van der Waals surface area contributed by atoms with Gasteiger partial charge in [0.25, 0.3) is 15.9 Å². The molecular formula is C18H18N4O6S3. The second kappa shape index (κ2) is 8.63. The van der Waals surface area contributed by atoms with Crippen molar-refractivity contribution in [2.75, 3.05) is 17.1 Å². The minimum Gasteiger partial charge on any atom is -0.497 e. The molecule has 0 saturated carbocycles. The first kappa shape index (κ1) is 22.7. The largest absolute Gasteiger partial charge is 0.497 e. The number of aryl methyl sites for hydroxylation is 1. The minimum atomic E-state index is -3.90. The van der Waals surface area contributed by atoms with Crippen LogP contribution in [0, 0.1) is 6.92 Å². The third-order valence-corrected chi connectivity index (χ3v) is 7.52. The molecule has 0 saturated heterocycles. The van der Waals surface area contributed by atoms with Gasteiger partial charge in [0.2, 0.25) is 10.0 Å². The van der Waals surface area contributed by atoms with Gasteiger partial charge in [-0.25, -0.2) is 27.0 Å². The summed E-state index contributed by atoms with van der Waals surface area (Å²) in [5.41, 5.74) is 0.668. The number of carbonyl (C=O) groups excluding carboxylic acids is 1. The van der Waals surface area contributed by atoms with Gasteiger partial charge in [0.15, 0.2) is 5.13 Å². The molecule has 10 nitrogen and oxygen atoms in total. The lowest BCUT2D eigenvalue weighted by molar-refractivity contribution is 0.103. The number of nitrogens with two attached hydrogens (primary N) is 1. The number of carbonyl (C=O) groups is 1. The summed E-state index contributed by atoms with van der Waals surface area (Å²) in [5, 5.41) is 7.68. The first-order valence-corrected chi connectivity index (χ1v) is 12.4. The molecule has 1 aromatic heterocycles. The van der Waals surface area contributed by atoms with E-state index in [1.165, 1.54) is 55.6 Å². The third kappa shape index (κ3) is 5.38. The molecule has 3 rings (SSSR count). The number of benzene rings is 2. The Kier molecular flexibility index (Phi) is 6.31. The number of hydrogen-bond donors (Lipinski definition) is 3. The second-order valence-electron chi connectivity index (χ2n) is 6.24. The van der Waals surface area contributed by atoms with Crippen LogP contribution < -0.4 is 19.9 Å². The van der Waals surface area contributed by atoms with E-state index in [2.05, 4.69) is 15.0 Å². The molecule has 0 unspecified atom stereocenters. The fraction of sp³-hybridized carbons (Fsp3) is 0.111. The van der Waals surface area contributed by atoms with Crippen LogP contribution in [0.3, 0.4) is 0 Å². The van der Waals surface area contributed by atoms with Crippen LogP contribution in [0.1, 0.15) is 15.4 Å². The van der Waals surface area contributed by atoms with Gasteiger partial charge in [-0.3, -0.25) is 9.52 Å². The summed E-state index contributed by atoms with van der Waals surface area (Å²) in [7, 11) is -6.27. The summed E-state index contributed by atoms with van der Waals surface area (Å²) in [4.78, 5) is 16.8. The van der Waals surface area contributed by atoms with Gasteiger partial charge >= 0.3 is 0 Å². The van der Waals surface area contributed by atoms with Crippen molar-refractivity contribution in [3.05, 3.63) is 59.1 Å². The van der Waals surface area contributed by atoms with Gasteiger partial charge < -0.3 is 10.1 Å². The topological polar surface area (TPSA) is 158 Å². The van der Waals surface area contributed by atoms with Crippen molar-refractivity contribution in [1.29, 1.82) is 0 Å². The lowest BCUT2D eigenvalue weighted by Gasteiger charge is -2.06. The normalized spacial score (nSPS) is 11.7. The van der Waals surface area contributed by atoms with Crippen LogP contribution in [0.4, 0.5) is 10.8 Å². The Morgan fingerprint density at radius 1 is 1.00 bits per heavy atom. The predicted octanol–water partition coefficient (Wildman–Crippen LogP) is 2.16. The zero-order valence-corrected chi connectivity index (χ0v) is 18.8. The van der Waals surface area contributed by atoms with E-state index in [1.54, 1.807) is 6.92 Å². The van der Waals surface area contributed by atoms with Crippen molar-refractivity contribution in [2.45, 2.75) is 16.7 Å². The first-order chi connectivity index (χ1) is 14.5. The molecule has 0 aliphatic heterocycles. The summed E-state index contributed by atoms with van der Waals surface area (Å²) in [6.07, 6.45) is 0. The third-order valence-electron chi connectivity index (χ3n) is 4.03. The molecule has 31 heavy (non-hydrogen) atoms. The van der Waals surface area contributed by atoms with E-state index in [1.807, 2.05) is 0 Å². The summed E-state index contributed by atoms with van der Waals surface area (Å²) >= 11 is 0.869. The molecule has 0 atom stereocenters. The van der Waals surface area contributed by atoms with Gasteiger partial charge in [-0.15, -0.1) is 0 Å². The molecule has 1 amide bonds. The molecule has 0 fully saturated rings. The summed E-state index contributed by atoms with van der Waals surface area (Å²) in [5.74, 6) is -0.00616. The van der Waals surface area contributed by atoms with Gasteiger partial charge in [-0.1, -0.05) is 11.3 Å². The van der Waals surface area contributed by atoms with E-state index >= 15 is 0 Å². The zero-order valence-electron chi connectivity index (χ0n) is 16.3. The minimum absolute atomic E-state index is 0.0158. The summed E-state index contributed by atoms with van der Waals surface area (Å²) in [6, 6.07) is 11.1. The Morgan fingerprint density at radius 3 is 2.13 bits per heavy atom. The van der Waals surface area contributed by atoms with Gasteiger partial charge in [-0.05, 0) is 55.5 Å². The number of anilines is 2. The van der Waals surface area contributed by atoms with E-state index in [0.29, 0.717) is 17.1 Å². The standard InChI is InChI=1S/C18H18N4O6S3/c1-11-16(17(23)21-12-3-7-14(8-4-12)30(19,24)25)29-18(20-11)22-31(26,27)15-9-5-13(28-2)6-10-15/h3-10H,1-2H3,(H,20,22)(H,21,23)(H2,19,24,25). The summed E-state index contributed by atoms with van der Waals surface area (Å²) < 4.78 is 55.1. The molecule has 0 radical (unpaired) electrons. The summed E-state index contributed by atoms with van der Waals surface area (Å²) in [6.45, 7) is 1.57. The van der Waals surface area contributed by atoms with Crippen LogP contribution in [0.5, 0.6) is 5.75 Å². The fourth-order valence-corrected chi connectivity index (χ4v) is 5.11. The number of aromatic nitrogens is 1. The Morgan fingerprint density at radius 2 is 1.58 bits per heavy atom. The van der Waals surface area contributed by atoms with E-state index in [0.717, 1.165) is 11.3 Å². The molecular weight excluding hydrogens is 464 g/mol. The Bertz CT molecular complexity index is 1320. The van der Waals surface area contributed by atoms with Crippen LogP contribution >= 0.6 is 11.3 Å². The average Bonchev–Trinajstić information content (AvgIpc) is 3.07. The highest BCUT2D eigenvalue weighted by Gasteiger charge is 2.21. The van der Waals surface area contributed by atoms with Crippen LogP contribution in [0.25, 0.3) is 0 Å². The number of ether oxygens (including phenoxy) is 1. The molecule has 0 aliphatic rings. The van der Waals surface area contributed by atoms with Crippen LogP contribution in [0.2, 0.25) is 0 Å². The number of sulfonamides is 2. The number of nitrogens with zero attached hydrogens (tertiary/aromatic N) is 1. The average molecular weight is 483 g/mol. The maximum absolute atomic E-state index is 12.6. The Labute approximate surface area is 183 Å². The smallest absolute Gasteiger partial charge is 0.267 e. The van der Waals surface area contributed by atoms with E-state index < -0.39 is 26.0 Å². The van der Waals surface area contributed by atoms with Crippen molar-refractivity contribution in [3.8, 4) is 5.75 Å². The monoisotopic (exact) mass is 482 g/mol. The van der Waals surface area contributed by atoms with Crippen LogP contribution in [-0.4, -0.2) is 34.8 Å². The number of amides is 1. The number of methoxy groups -OCH3 is 1. The lowest BCUT2D eigenvalue weighted by atomic mass is 10.3. The van der Waals surface area contributed by atoms with Crippen molar-refractivity contribution in [2.24, 2.45) is 5.14 Å². The maximum Gasteiger partial charge on any atom is 0.267 e. The number of nitrogens with one attached hydrogen (secondary N) is 2. The number of primary sulfonamides is 1. The van der Waals surface area contributed by atoms with Crippen molar-refractivity contribution in [3.63, 3.8) is 0 Å². The Hall–Kier alpha value is -3.00. The highest BCUT2D eigenvalue weighted by Crippen LogP contribution is 2.27. The highest BCUT2D eigenvalue weighted by atomic mass is 32.2. The molecule has 2 aromatic carbocycles. The van der Waals surface area contributed by atoms with Crippen molar-refractivity contribution in [1.82, 2.24) is 4.98 Å². The number of thiazole rings is 1. The van der Waals surface area contributed by atoms with Crippen LogP contribution in [-0.2, 0) is 20.0 Å². The Balaban J connectivity index is 1.76. The molecule has 164 valence electrons. The van der Waals surface area contributed by atoms with Crippen molar-refractivity contribution >= 4 is 48.1 Å². The van der Waals surface area contributed by atoms with Crippen molar-refractivity contribution < 1.29 is 26.4 Å². The van der Waals surface area contributed by atoms with Gasteiger partial charge in [0, 0.05) is 5.69 Å². The molecule has 3 aromatic rings. The van der Waals surface area contributed by atoms with E-state index in [4.69, 9.17) is 9.88 Å². The lowest BCUT2D eigenvalue weighted by Crippen LogP contribution is -2.13. The quantitative estimate of drug-likeness (QED) is 0.465. The molecule has 0 aliphatic carbocycles. The molecule has 4 N–H and O–H groups in total. The van der Waals surface area contributed by atoms with Gasteiger partial charge in [0.05, 0.1) is 22.6 Å².